The third-order valence-electron chi connectivity index (χ3n) is 4.28. The number of piperidine rings is 1. The average molecular weight is 361 g/mol. The number of nitrogens with zero attached hydrogens (tertiary/aromatic N) is 3. The van der Waals surface area contributed by atoms with Crippen molar-refractivity contribution in [3.63, 3.8) is 0 Å². The molecule has 1 fully saturated rings. The first kappa shape index (κ1) is 17.5. The minimum absolute atomic E-state index is 0.0410. The third-order valence-corrected chi connectivity index (χ3v) is 5.07. The summed E-state index contributed by atoms with van der Waals surface area (Å²) in [6, 6.07) is 3.65. The maximum Gasteiger partial charge on any atom is 0.322 e. The van der Waals surface area contributed by atoms with E-state index in [0.717, 1.165) is 30.8 Å². The summed E-state index contributed by atoms with van der Waals surface area (Å²) < 4.78 is 1.99. The van der Waals surface area contributed by atoms with Crippen molar-refractivity contribution in [2.24, 2.45) is 5.92 Å². The topological polar surface area (TPSA) is 79.3 Å². The molecule has 2 aromatic heterocycles. The fourth-order valence-electron chi connectivity index (χ4n) is 2.95. The van der Waals surface area contributed by atoms with Gasteiger partial charge in [0.05, 0.1) is 17.2 Å². The Hall–Kier alpha value is -2.35. The lowest BCUT2D eigenvalue weighted by Gasteiger charge is -2.31. The van der Waals surface area contributed by atoms with Gasteiger partial charge < -0.3 is 14.8 Å². The van der Waals surface area contributed by atoms with Crippen LogP contribution in [0.1, 0.15) is 19.3 Å². The summed E-state index contributed by atoms with van der Waals surface area (Å²) >= 11 is 1.49. The smallest absolute Gasteiger partial charge is 0.322 e. The normalized spacial score (nSPS) is 17.3. The number of imidazole rings is 1. The molecule has 2 N–H and O–H groups in total. The van der Waals surface area contributed by atoms with E-state index in [-0.39, 0.29) is 17.9 Å². The monoisotopic (exact) mass is 361 g/mol. The molecule has 0 aliphatic carbocycles. The van der Waals surface area contributed by atoms with Crippen LogP contribution in [0.3, 0.4) is 0 Å². The summed E-state index contributed by atoms with van der Waals surface area (Å²) in [5.41, 5.74) is 0. The van der Waals surface area contributed by atoms with Crippen molar-refractivity contribution in [2.75, 3.05) is 25.0 Å². The molecule has 1 atom stereocenters. The third kappa shape index (κ3) is 5.06. The Labute approximate surface area is 151 Å². The molecule has 0 saturated carbocycles. The Morgan fingerprint density at radius 3 is 3.08 bits per heavy atom. The number of likely N-dealkylation sites (tertiary alicyclic amines) is 1. The van der Waals surface area contributed by atoms with Crippen molar-refractivity contribution in [1.82, 2.24) is 19.8 Å². The summed E-state index contributed by atoms with van der Waals surface area (Å²) in [5.74, 6) is -0.0877. The van der Waals surface area contributed by atoms with Gasteiger partial charge in [-0.2, -0.15) is 0 Å². The van der Waals surface area contributed by atoms with Crippen molar-refractivity contribution in [1.29, 1.82) is 0 Å². The number of hydrogen-bond donors (Lipinski definition) is 2. The molecule has 7 nitrogen and oxygen atoms in total. The van der Waals surface area contributed by atoms with E-state index in [1.165, 1.54) is 11.3 Å². The molecule has 1 saturated heterocycles. The van der Waals surface area contributed by atoms with Crippen LogP contribution in [0.5, 0.6) is 0 Å². The van der Waals surface area contributed by atoms with Crippen molar-refractivity contribution >= 4 is 28.3 Å². The van der Waals surface area contributed by atoms with Gasteiger partial charge in [-0.1, -0.05) is 0 Å². The molecular weight excluding hydrogens is 338 g/mol. The van der Waals surface area contributed by atoms with Gasteiger partial charge in [0.2, 0.25) is 5.91 Å². The van der Waals surface area contributed by atoms with Crippen LogP contribution in [0.4, 0.5) is 9.80 Å². The van der Waals surface area contributed by atoms with Gasteiger partial charge in [0.1, 0.15) is 0 Å². The molecule has 0 radical (unpaired) electrons. The number of aryl methyl sites for hydroxylation is 1. The number of carbonyl (C=O) groups excluding carboxylic acids is 2. The number of amides is 3. The van der Waals surface area contributed by atoms with E-state index in [0.29, 0.717) is 19.6 Å². The lowest BCUT2D eigenvalue weighted by atomic mass is 9.97. The zero-order chi connectivity index (χ0) is 17.5. The SMILES string of the molecule is O=C(NCCCn1ccnc1)C1CCCN(C(=O)Nc2cccs2)C1. The molecule has 134 valence electrons. The lowest BCUT2D eigenvalue weighted by Crippen LogP contribution is -2.47. The second-order valence-corrected chi connectivity index (χ2v) is 7.09. The van der Waals surface area contributed by atoms with Gasteiger partial charge in [-0.25, -0.2) is 9.78 Å². The average Bonchev–Trinajstić information content (AvgIpc) is 3.32. The number of rotatable bonds is 6. The van der Waals surface area contributed by atoms with Gasteiger partial charge in [-0.05, 0) is 36.8 Å². The molecule has 8 heteroatoms. The Morgan fingerprint density at radius 2 is 2.32 bits per heavy atom. The second kappa shape index (κ2) is 8.66. The number of thiophene rings is 1. The summed E-state index contributed by atoms with van der Waals surface area (Å²) in [7, 11) is 0. The number of carbonyl (C=O) groups is 2. The van der Waals surface area contributed by atoms with Crippen LogP contribution in [0, 0.1) is 5.92 Å². The van der Waals surface area contributed by atoms with Crippen molar-refractivity contribution in [3.05, 3.63) is 36.2 Å². The van der Waals surface area contributed by atoms with Crippen molar-refractivity contribution in [3.8, 4) is 0 Å². The van der Waals surface area contributed by atoms with Gasteiger partial charge in [0.15, 0.2) is 0 Å². The molecular formula is C17H23N5O2S. The fourth-order valence-corrected chi connectivity index (χ4v) is 3.55. The number of hydrogen-bond acceptors (Lipinski definition) is 4. The first-order chi connectivity index (χ1) is 12.2. The maximum atomic E-state index is 12.4. The molecule has 3 rings (SSSR count). The molecule has 0 aromatic carbocycles. The predicted octanol–water partition coefficient (Wildman–Crippen LogP) is 2.39. The van der Waals surface area contributed by atoms with Gasteiger partial charge in [0, 0.05) is 38.6 Å². The highest BCUT2D eigenvalue weighted by Gasteiger charge is 2.28. The minimum Gasteiger partial charge on any atom is -0.356 e. The zero-order valence-electron chi connectivity index (χ0n) is 14.1. The van der Waals surface area contributed by atoms with Gasteiger partial charge in [-0.15, -0.1) is 11.3 Å². The van der Waals surface area contributed by atoms with E-state index in [2.05, 4.69) is 15.6 Å². The van der Waals surface area contributed by atoms with Gasteiger partial charge in [-0.3, -0.25) is 10.1 Å². The van der Waals surface area contributed by atoms with Crippen molar-refractivity contribution in [2.45, 2.75) is 25.8 Å². The summed E-state index contributed by atoms with van der Waals surface area (Å²) in [6.45, 7) is 2.64. The molecule has 1 unspecified atom stereocenters. The molecule has 2 aromatic rings. The molecule has 3 heterocycles. The molecule has 1 aliphatic rings. The number of aromatic nitrogens is 2. The van der Waals surface area contributed by atoms with E-state index >= 15 is 0 Å². The van der Waals surface area contributed by atoms with Crippen LogP contribution in [0.2, 0.25) is 0 Å². The summed E-state index contributed by atoms with van der Waals surface area (Å²) in [6.07, 6.45) is 7.97. The van der Waals surface area contributed by atoms with Crippen LogP contribution in [0.15, 0.2) is 36.2 Å². The Kier molecular flexibility index (Phi) is 6.05. The van der Waals surface area contributed by atoms with E-state index in [9.17, 15) is 9.59 Å². The molecule has 0 spiro atoms. The van der Waals surface area contributed by atoms with Crippen LogP contribution in [0.25, 0.3) is 0 Å². The number of urea groups is 1. The Morgan fingerprint density at radius 1 is 1.40 bits per heavy atom. The molecule has 25 heavy (non-hydrogen) atoms. The van der Waals surface area contributed by atoms with Crippen LogP contribution < -0.4 is 10.6 Å². The molecule has 0 bridgehead atoms. The van der Waals surface area contributed by atoms with E-state index in [1.54, 1.807) is 17.4 Å². The largest absolute Gasteiger partial charge is 0.356 e. The van der Waals surface area contributed by atoms with Crippen molar-refractivity contribution < 1.29 is 9.59 Å². The van der Waals surface area contributed by atoms with Crippen LogP contribution in [-0.2, 0) is 11.3 Å². The molecule has 1 aliphatic heterocycles. The van der Waals surface area contributed by atoms with E-state index in [1.807, 2.05) is 28.3 Å². The number of anilines is 1. The first-order valence-corrected chi connectivity index (χ1v) is 9.43. The van der Waals surface area contributed by atoms with E-state index < -0.39 is 0 Å². The fraction of sp³-hybridized carbons (Fsp3) is 0.471. The molecule has 3 amide bonds. The second-order valence-electron chi connectivity index (χ2n) is 6.14. The summed E-state index contributed by atoms with van der Waals surface area (Å²) in [5, 5.41) is 8.63. The quantitative estimate of drug-likeness (QED) is 0.776. The van der Waals surface area contributed by atoms with Gasteiger partial charge in [0.25, 0.3) is 0 Å². The minimum atomic E-state index is -0.129. The first-order valence-electron chi connectivity index (χ1n) is 8.55. The highest BCUT2D eigenvalue weighted by molar-refractivity contribution is 7.14. The Bertz CT molecular complexity index is 671. The van der Waals surface area contributed by atoms with E-state index in [4.69, 9.17) is 0 Å². The van der Waals surface area contributed by atoms with Crippen LogP contribution >= 0.6 is 11.3 Å². The standard InChI is InChI=1S/C17H23N5O2S/c23-16(19-6-3-8-21-10-7-18-13-21)14-4-1-9-22(12-14)17(24)20-15-5-2-11-25-15/h2,5,7,10-11,13-14H,1,3-4,6,8-9,12H2,(H,19,23)(H,20,24). The number of nitrogens with one attached hydrogen (secondary N) is 2. The summed E-state index contributed by atoms with van der Waals surface area (Å²) in [4.78, 5) is 30.4. The van der Waals surface area contributed by atoms with Crippen LogP contribution in [-0.4, -0.2) is 46.0 Å². The highest BCUT2D eigenvalue weighted by atomic mass is 32.1. The van der Waals surface area contributed by atoms with Gasteiger partial charge >= 0.3 is 6.03 Å². The predicted molar refractivity (Wildman–Crippen MR) is 97.5 cm³/mol. The maximum absolute atomic E-state index is 12.4. The highest BCUT2D eigenvalue weighted by Crippen LogP contribution is 2.20. The lowest BCUT2D eigenvalue weighted by molar-refractivity contribution is -0.126. The Balaban J connectivity index is 1.40. The zero-order valence-corrected chi connectivity index (χ0v) is 14.9.